The minimum atomic E-state index is -0.974. The number of carbonyl (C=O) groups is 1. The zero-order valence-electron chi connectivity index (χ0n) is 6.78. The Hall–Kier alpha value is -0.510. The fraction of sp³-hybridized carbons (Fsp3) is 0.125. The van der Waals surface area contributed by atoms with E-state index in [0.717, 1.165) is 0 Å². The summed E-state index contributed by atoms with van der Waals surface area (Å²) < 4.78 is 4.85. The summed E-state index contributed by atoms with van der Waals surface area (Å²) in [7, 11) is 0. The maximum absolute atomic E-state index is 10.0. The second-order valence-corrected chi connectivity index (χ2v) is 1.92. The van der Waals surface area contributed by atoms with E-state index in [4.69, 9.17) is 9.84 Å². The van der Waals surface area contributed by atoms with Crippen LogP contribution in [0.2, 0.25) is 0 Å². The van der Waals surface area contributed by atoms with Crippen molar-refractivity contribution in [3.05, 3.63) is 30.3 Å². The van der Waals surface area contributed by atoms with Crippen molar-refractivity contribution in [1.29, 1.82) is 0 Å². The zero-order valence-corrected chi connectivity index (χ0v) is 8.78. The van der Waals surface area contributed by atoms with Gasteiger partial charge in [0.05, 0.1) is 0 Å². The van der Waals surface area contributed by atoms with Crippen molar-refractivity contribution < 1.29 is 44.2 Å². The van der Waals surface area contributed by atoms with Crippen LogP contribution in [0.4, 0.5) is 0 Å². The van der Waals surface area contributed by atoms with E-state index >= 15 is 0 Å². The van der Waals surface area contributed by atoms with Crippen LogP contribution in [0.3, 0.4) is 0 Å². The smallest absolute Gasteiger partial charge is 0.507 e. The van der Waals surface area contributed by atoms with E-state index in [9.17, 15) is 4.79 Å². The first-order chi connectivity index (χ1) is 5.29. The molecule has 0 radical (unpaired) electrons. The number of carboxylic acids is 1. The molecule has 0 aliphatic rings. The largest absolute Gasteiger partial charge is 1.00 e. The van der Waals surface area contributed by atoms with Gasteiger partial charge in [-0.05, 0) is 0 Å². The Bertz CT molecular complexity index is 235. The van der Waals surface area contributed by atoms with Gasteiger partial charge in [0.15, 0.2) is 6.61 Å². The molecule has 0 aliphatic heterocycles. The first kappa shape index (κ1) is 11.5. The molecular weight excluding hydrogens is 167 g/mol. The summed E-state index contributed by atoms with van der Waals surface area (Å²) in [5.74, 6) is -0.427. The Balaban J connectivity index is 0.00000121. The number of hydrogen-bond donors (Lipinski definition) is 1. The zero-order chi connectivity index (χ0) is 8.10. The second-order valence-electron chi connectivity index (χ2n) is 1.92. The molecule has 0 atom stereocenters. The summed E-state index contributed by atoms with van der Waals surface area (Å²) in [6.45, 7) is -0.302. The van der Waals surface area contributed by atoms with Gasteiger partial charge in [-0.1, -0.05) is 0 Å². The van der Waals surface area contributed by atoms with E-state index in [1.165, 1.54) is 0 Å². The molecule has 0 fully saturated rings. The van der Waals surface area contributed by atoms with Crippen molar-refractivity contribution in [3.63, 3.8) is 0 Å². The fourth-order valence-electron chi connectivity index (χ4n) is 0.613. The average Bonchev–Trinajstić information content (AvgIpc) is 2.03. The third-order valence-electron chi connectivity index (χ3n) is 1.05. The summed E-state index contributed by atoms with van der Waals surface area (Å²) >= 11 is 0. The van der Waals surface area contributed by atoms with Gasteiger partial charge in [0, 0.05) is 5.75 Å². The number of hydrogen-bond acceptors (Lipinski definition) is 2. The number of aliphatic carboxylic acids is 1. The van der Waals surface area contributed by atoms with Gasteiger partial charge in [-0.3, -0.25) is 0 Å². The van der Waals surface area contributed by atoms with Gasteiger partial charge in [0.25, 0.3) is 0 Å². The fourth-order valence-corrected chi connectivity index (χ4v) is 0.613. The van der Waals surface area contributed by atoms with E-state index in [1.807, 2.05) is 0 Å². The molecular formula is C8H7NaO3. The van der Waals surface area contributed by atoms with Gasteiger partial charge in [0.2, 0.25) is 0 Å². The predicted molar refractivity (Wildman–Crippen MR) is 38.4 cm³/mol. The summed E-state index contributed by atoms with van der Waals surface area (Å²) in [5.41, 5.74) is 0. The number of rotatable bonds is 3. The van der Waals surface area contributed by atoms with Gasteiger partial charge >= 0.3 is 35.5 Å². The van der Waals surface area contributed by atoms with Crippen LogP contribution < -0.4 is 34.3 Å². The Morgan fingerprint density at radius 1 is 1.50 bits per heavy atom. The van der Waals surface area contributed by atoms with Gasteiger partial charge in [-0.2, -0.15) is 18.2 Å². The molecule has 58 valence electrons. The van der Waals surface area contributed by atoms with E-state index < -0.39 is 5.97 Å². The molecule has 0 saturated carbocycles. The first-order valence-corrected chi connectivity index (χ1v) is 3.10. The minimum absolute atomic E-state index is 0. The van der Waals surface area contributed by atoms with Crippen LogP contribution in [-0.2, 0) is 4.79 Å². The van der Waals surface area contributed by atoms with Gasteiger partial charge < -0.3 is 9.84 Å². The van der Waals surface area contributed by atoms with Crippen LogP contribution in [-0.4, -0.2) is 17.7 Å². The Morgan fingerprint density at radius 3 is 2.58 bits per heavy atom. The molecule has 12 heavy (non-hydrogen) atoms. The van der Waals surface area contributed by atoms with Crippen LogP contribution in [0, 0.1) is 6.07 Å². The molecule has 0 bridgehead atoms. The molecule has 0 saturated heterocycles. The van der Waals surface area contributed by atoms with Gasteiger partial charge in [-0.15, -0.1) is 12.1 Å². The van der Waals surface area contributed by atoms with Crippen molar-refractivity contribution >= 4 is 5.97 Å². The monoisotopic (exact) mass is 174 g/mol. The third kappa shape index (κ3) is 4.38. The van der Waals surface area contributed by atoms with Gasteiger partial charge in [0.1, 0.15) is 0 Å². The van der Waals surface area contributed by atoms with E-state index in [2.05, 4.69) is 6.07 Å². The third-order valence-corrected chi connectivity index (χ3v) is 1.05. The molecule has 1 aromatic rings. The molecule has 0 spiro atoms. The van der Waals surface area contributed by atoms with Crippen LogP contribution in [0.15, 0.2) is 24.3 Å². The summed E-state index contributed by atoms with van der Waals surface area (Å²) in [4.78, 5) is 10.0. The van der Waals surface area contributed by atoms with Crippen molar-refractivity contribution in [2.45, 2.75) is 0 Å². The normalized spacial score (nSPS) is 8.33. The molecule has 0 aromatic heterocycles. The van der Waals surface area contributed by atoms with E-state index in [-0.39, 0.29) is 36.2 Å². The minimum Gasteiger partial charge on any atom is -0.507 e. The topological polar surface area (TPSA) is 46.5 Å². The van der Waals surface area contributed by atoms with Crippen molar-refractivity contribution in [1.82, 2.24) is 0 Å². The summed E-state index contributed by atoms with van der Waals surface area (Å²) in [6.07, 6.45) is 0. The number of benzene rings is 1. The van der Waals surface area contributed by atoms with Crippen LogP contribution in [0.5, 0.6) is 5.75 Å². The van der Waals surface area contributed by atoms with Crippen molar-refractivity contribution in [3.8, 4) is 5.75 Å². The molecule has 0 aliphatic carbocycles. The van der Waals surface area contributed by atoms with Crippen molar-refractivity contribution in [2.24, 2.45) is 0 Å². The SMILES string of the molecule is O=C(O)COc1cc[c-]cc1.[Na+]. The van der Waals surface area contributed by atoms with E-state index in [1.54, 1.807) is 24.3 Å². The standard InChI is InChI=1S/C8H7O3.Na/c9-8(10)6-11-7-4-2-1-3-5-7;/h2-5H,6H2,(H,9,10);/q-1;+1. The number of ether oxygens (including phenoxy) is 1. The van der Waals surface area contributed by atoms with Crippen LogP contribution >= 0.6 is 0 Å². The average molecular weight is 174 g/mol. The molecule has 0 amide bonds. The van der Waals surface area contributed by atoms with E-state index in [0.29, 0.717) is 5.75 Å². The van der Waals surface area contributed by atoms with Gasteiger partial charge in [-0.25, -0.2) is 4.79 Å². The van der Waals surface area contributed by atoms with Crippen LogP contribution in [0.1, 0.15) is 0 Å². The van der Waals surface area contributed by atoms with Crippen molar-refractivity contribution in [2.75, 3.05) is 6.61 Å². The molecule has 1 N–H and O–H groups in total. The Kier molecular flexibility index (Phi) is 5.80. The molecule has 1 aromatic carbocycles. The second kappa shape index (κ2) is 6.06. The quantitative estimate of drug-likeness (QED) is 0.424. The maximum atomic E-state index is 10.0. The Morgan fingerprint density at radius 2 is 2.08 bits per heavy atom. The Labute approximate surface area is 92.6 Å². The first-order valence-electron chi connectivity index (χ1n) is 3.10. The molecule has 1 rings (SSSR count). The maximum Gasteiger partial charge on any atom is 1.00 e. The summed E-state index contributed by atoms with van der Waals surface area (Å²) in [6, 6.07) is 9.43. The van der Waals surface area contributed by atoms with Crippen LogP contribution in [0.25, 0.3) is 0 Å². The molecule has 4 heteroatoms. The molecule has 3 nitrogen and oxygen atoms in total. The summed E-state index contributed by atoms with van der Waals surface area (Å²) in [5, 5.41) is 8.24. The molecule has 0 heterocycles. The molecule has 0 unspecified atom stereocenters. The number of carboxylic acid groups (broad SMARTS) is 1. The predicted octanol–water partition coefficient (Wildman–Crippen LogP) is -2.05.